The Morgan fingerprint density at radius 3 is 2.08 bits per heavy atom. The van der Waals surface area contributed by atoms with Crippen LogP contribution in [0.15, 0.2) is 36.4 Å². The minimum atomic E-state index is -0.567. The van der Waals surface area contributed by atoms with E-state index in [4.69, 9.17) is 0 Å². The number of halogens is 2. The standard InChI is InChI=1S/C21H24F2N2O/c1-15-7-16(2)9-17(8-15)14-25-6-5-24(4-3-21(25)26)13-18-10-19(22)12-20(23)11-18/h7-12H,3-6,13-14H2,1-2H3. The summed E-state index contributed by atoms with van der Waals surface area (Å²) in [5.74, 6) is -1.01. The molecule has 2 aromatic carbocycles. The van der Waals surface area contributed by atoms with Gasteiger partial charge in [-0.1, -0.05) is 29.3 Å². The number of benzene rings is 2. The Kier molecular flexibility index (Phi) is 5.67. The number of aryl methyl sites for hydroxylation is 2. The molecular formula is C21H24F2N2O. The molecule has 0 atom stereocenters. The molecule has 1 aliphatic rings. The van der Waals surface area contributed by atoms with Gasteiger partial charge in [0.05, 0.1) is 0 Å². The highest BCUT2D eigenvalue weighted by atomic mass is 19.1. The Hall–Kier alpha value is -2.27. The van der Waals surface area contributed by atoms with E-state index in [1.807, 2.05) is 4.90 Å². The molecule has 0 saturated carbocycles. The van der Waals surface area contributed by atoms with Crippen molar-refractivity contribution in [1.29, 1.82) is 0 Å². The zero-order valence-electron chi connectivity index (χ0n) is 15.3. The first-order valence-electron chi connectivity index (χ1n) is 8.91. The lowest BCUT2D eigenvalue weighted by atomic mass is 10.1. The third kappa shape index (κ3) is 4.88. The molecule has 0 radical (unpaired) electrons. The maximum atomic E-state index is 13.4. The molecule has 0 bridgehead atoms. The van der Waals surface area contributed by atoms with Crippen LogP contribution in [0.25, 0.3) is 0 Å². The Balaban J connectivity index is 1.65. The van der Waals surface area contributed by atoms with E-state index in [2.05, 4.69) is 36.9 Å². The molecule has 0 N–H and O–H groups in total. The van der Waals surface area contributed by atoms with Crippen molar-refractivity contribution in [2.45, 2.75) is 33.4 Å². The van der Waals surface area contributed by atoms with E-state index >= 15 is 0 Å². The van der Waals surface area contributed by atoms with Crippen molar-refractivity contribution in [3.63, 3.8) is 0 Å². The largest absolute Gasteiger partial charge is 0.337 e. The summed E-state index contributed by atoms with van der Waals surface area (Å²) in [6.45, 7) is 7.06. The molecule has 5 heteroatoms. The van der Waals surface area contributed by atoms with Gasteiger partial charge >= 0.3 is 0 Å². The molecule has 26 heavy (non-hydrogen) atoms. The fourth-order valence-electron chi connectivity index (χ4n) is 3.58. The summed E-state index contributed by atoms with van der Waals surface area (Å²) in [5, 5.41) is 0. The average molecular weight is 358 g/mol. The van der Waals surface area contributed by atoms with Crippen molar-refractivity contribution < 1.29 is 13.6 Å². The predicted octanol–water partition coefficient (Wildman–Crippen LogP) is 3.82. The second kappa shape index (κ2) is 7.96. The van der Waals surface area contributed by atoms with Gasteiger partial charge in [0.15, 0.2) is 0 Å². The van der Waals surface area contributed by atoms with Gasteiger partial charge in [-0.15, -0.1) is 0 Å². The third-order valence-electron chi connectivity index (χ3n) is 4.66. The summed E-state index contributed by atoms with van der Waals surface area (Å²) in [7, 11) is 0. The zero-order chi connectivity index (χ0) is 18.7. The highest BCUT2D eigenvalue weighted by Gasteiger charge is 2.21. The minimum Gasteiger partial charge on any atom is -0.337 e. The van der Waals surface area contributed by atoms with E-state index in [0.717, 1.165) is 11.6 Å². The monoisotopic (exact) mass is 358 g/mol. The molecule has 1 amide bonds. The summed E-state index contributed by atoms with van der Waals surface area (Å²) >= 11 is 0. The second-order valence-corrected chi connectivity index (χ2v) is 7.12. The van der Waals surface area contributed by atoms with Crippen LogP contribution in [-0.2, 0) is 17.9 Å². The van der Waals surface area contributed by atoms with Crippen LogP contribution in [0.5, 0.6) is 0 Å². The van der Waals surface area contributed by atoms with Gasteiger partial charge in [0, 0.05) is 45.2 Å². The van der Waals surface area contributed by atoms with Crippen LogP contribution >= 0.6 is 0 Å². The smallest absolute Gasteiger partial charge is 0.224 e. The summed E-state index contributed by atoms with van der Waals surface area (Å²) < 4.78 is 26.7. The highest BCUT2D eigenvalue weighted by Crippen LogP contribution is 2.16. The van der Waals surface area contributed by atoms with E-state index in [1.165, 1.54) is 23.3 Å². The maximum absolute atomic E-state index is 13.4. The normalized spacial score (nSPS) is 16.0. The molecule has 3 nitrogen and oxygen atoms in total. The summed E-state index contributed by atoms with van der Waals surface area (Å²) in [4.78, 5) is 16.4. The molecular weight excluding hydrogens is 334 g/mol. The Labute approximate surface area is 153 Å². The Morgan fingerprint density at radius 1 is 0.808 bits per heavy atom. The molecule has 3 rings (SSSR count). The summed E-state index contributed by atoms with van der Waals surface area (Å²) in [6.07, 6.45) is 0.419. The first kappa shape index (κ1) is 18.5. The molecule has 1 aliphatic heterocycles. The van der Waals surface area contributed by atoms with Crippen molar-refractivity contribution in [1.82, 2.24) is 9.80 Å². The van der Waals surface area contributed by atoms with Crippen molar-refractivity contribution in [2.75, 3.05) is 19.6 Å². The van der Waals surface area contributed by atoms with Crippen molar-refractivity contribution >= 4 is 5.91 Å². The molecule has 1 fully saturated rings. The lowest BCUT2D eigenvalue weighted by Crippen LogP contribution is -2.32. The van der Waals surface area contributed by atoms with Gasteiger partial charge in [-0.05, 0) is 37.1 Å². The average Bonchev–Trinajstić information content (AvgIpc) is 2.69. The van der Waals surface area contributed by atoms with Gasteiger partial charge in [0.2, 0.25) is 5.91 Å². The van der Waals surface area contributed by atoms with Crippen molar-refractivity contribution in [3.8, 4) is 0 Å². The lowest BCUT2D eigenvalue weighted by Gasteiger charge is -2.22. The zero-order valence-corrected chi connectivity index (χ0v) is 15.3. The number of nitrogens with zero attached hydrogens (tertiary/aromatic N) is 2. The molecule has 1 heterocycles. The quantitative estimate of drug-likeness (QED) is 0.830. The molecule has 0 unspecified atom stereocenters. The van der Waals surface area contributed by atoms with Crippen molar-refractivity contribution in [3.05, 3.63) is 70.3 Å². The van der Waals surface area contributed by atoms with Crippen LogP contribution in [0, 0.1) is 25.5 Å². The molecule has 1 saturated heterocycles. The third-order valence-corrected chi connectivity index (χ3v) is 4.66. The van der Waals surface area contributed by atoms with Gasteiger partial charge < -0.3 is 4.90 Å². The number of carbonyl (C=O) groups is 1. The number of rotatable bonds is 4. The number of amides is 1. The van der Waals surface area contributed by atoms with E-state index in [-0.39, 0.29) is 5.91 Å². The Bertz CT molecular complexity index is 766. The molecule has 0 aromatic heterocycles. The first-order chi connectivity index (χ1) is 12.4. The SMILES string of the molecule is Cc1cc(C)cc(CN2CCN(Cc3cc(F)cc(F)c3)CCC2=O)c1. The van der Waals surface area contributed by atoms with Crippen LogP contribution in [0.2, 0.25) is 0 Å². The summed E-state index contributed by atoms with van der Waals surface area (Å²) in [6, 6.07) is 9.91. The number of hydrogen-bond acceptors (Lipinski definition) is 2. The van der Waals surface area contributed by atoms with E-state index < -0.39 is 11.6 Å². The lowest BCUT2D eigenvalue weighted by molar-refractivity contribution is -0.130. The van der Waals surface area contributed by atoms with E-state index in [0.29, 0.717) is 44.7 Å². The Morgan fingerprint density at radius 2 is 1.42 bits per heavy atom. The number of carbonyl (C=O) groups excluding carboxylic acids is 1. The topological polar surface area (TPSA) is 23.6 Å². The van der Waals surface area contributed by atoms with Gasteiger partial charge in [0.25, 0.3) is 0 Å². The van der Waals surface area contributed by atoms with Crippen LogP contribution in [0.1, 0.15) is 28.7 Å². The van der Waals surface area contributed by atoms with Gasteiger partial charge in [-0.25, -0.2) is 8.78 Å². The van der Waals surface area contributed by atoms with Crippen LogP contribution in [0.3, 0.4) is 0 Å². The predicted molar refractivity (Wildman–Crippen MR) is 97.6 cm³/mol. The minimum absolute atomic E-state index is 0.122. The van der Waals surface area contributed by atoms with Crippen LogP contribution in [-0.4, -0.2) is 35.3 Å². The van der Waals surface area contributed by atoms with Crippen LogP contribution < -0.4 is 0 Å². The second-order valence-electron chi connectivity index (χ2n) is 7.12. The highest BCUT2D eigenvalue weighted by molar-refractivity contribution is 5.76. The fraction of sp³-hybridized carbons (Fsp3) is 0.381. The maximum Gasteiger partial charge on any atom is 0.224 e. The summed E-state index contributed by atoms with van der Waals surface area (Å²) in [5.41, 5.74) is 4.11. The fourth-order valence-corrected chi connectivity index (χ4v) is 3.58. The molecule has 0 aliphatic carbocycles. The van der Waals surface area contributed by atoms with E-state index in [1.54, 1.807) is 0 Å². The molecule has 0 spiro atoms. The molecule has 2 aromatic rings. The molecule has 138 valence electrons. The van der Waals surface area contributed by atoms with Gasteiger partial charge in [-0.3, -0.25) is 9.69 Å². The number of hydrogen-bond donors (Lipinski definition) is 0. The van der Waals surface area contributed by atoms with Gasteiger partial charge in [0.1, 0.15) is 11.6 Å². The van der Waals surface area contributed by atoms with Crippen LogP contribution in [0.4, 0.5) is 8.78 Å². The van der Waals surface area contributed by atoms with E-state index in [9.17, 15) is 13.6 Å². The van der Waals surface area contributed by atoms with Crippen molar-refractivity contribution in [2.24, 2.45) is 0 Å². The first-order valence-corrected chi connectivity index (χ1v) is 8.91. The van der Waals surface area contributed by atoms with Gasteiger partial charge in [-0.2, -0.15) is 0 Å².